The summed E-state index contributed by atoms with van der Waals surface area (Å²) >= 11 is 3.39. The van der Waals surface area contributed by atoms with Crippen LogP contribution in [0.5, 0.6) is 5.75 Å². The minimum absolute atomic E-state index is 0.134. The van der Waals surface area contributed by atoms with E-state index in [1.807, 2.05) is 0 Å². The SMILES string of the molecule is COc1ccc(Br)c(C(NN)c2ccc(C)c(F)c2F)c1. The van der Waals surface area contributed by atoms with Crippen molar-refractivity contribution < 1.29 is 13.5 Å². The maximum atomic E-state index is 14.2. The molecule has 3 nitrogen and oxygen atoms in total. The van der Waals surface area contributed by atoms with Crippen molar-refractivity contribution in [3.8, 4) is 5.75 Å². The molecule has 0 aromatic heterocycles. The van der Waals surface area contributed by atoms with E-state index in [-0.39, 0.29) is 11.1 Å². The zero-order chi connectivity index (χ0) is 15.6. The highest BCUT2D eigenvalue weighted by Crippen LogP contribution is 2.33. The normalized spacial score (nSPS) is 12.3. The molecule has 0 aliphatic carbocycles. The lowest BCUT2D eigenvalue weighted by Gasteiger charge is -2.20. The zero-order valence-electron chi connectivity index (χ0n) is 11.6. The highest BCUT2D eigenvalue weighted by molar-refractivity contribution is 9.10. The Kier molecular flexibility index (Phi) is 4.92. The fourth-order valence-corrected chi connectivity index (χ4v) is 2.58. The Balaban J connectivity index is 2.57. The number of hydrazine groups is 1. The molecule has 2 aromatic rings. The molecule has 6 heteroatoms. The second-order valence-corrected chi connectivity index (χ2v) is 5.44. The van der Waals surface area contributed by atoms with Crippen molar-refractivity contribution >= 4 is 15.9 Å². The van der Waals surface area contributed by atoms with Gasteiger partial charge in [0.25, 0.3) is 0 Å². The molecule has 1 unspecified atom stereocenters. The maximum Gasteiger partial charge on any atom is 0.164 e. The lowest BCUT2D eigenvalue weighted by molar-refractivity contribution is 0.413. The number of methoxy groups -OCH3 is 1. The first-order valence-corrected chi connectivity index (χ1v) is 7.03. The number of nitrogens with one attached hydrogen (secondary N) is 1. The standard InChI is InChI=1S/C15H15BrF2N2O/c1-8-3-5-10(14(18)13(8)17)15(20-19)11-7-9(21-2)4-6-12(11)16/h3-7,15,20H,19H2,1-2H3. The third-order valence-corrected chi connectivity index (χ3v) is 4.02. The second-order valence-electron chi connectivity index (χ2n) is 4.59. The summed E-state index contributed by atoms with van der Waals surface area (Å²) in [6.45, 7) is 1.51. The van der Waals surface area contributed by atoms with Crippen LogP contribution in [0.25, 0.3) is 0 Å². The van der Waals surface area contributed by atoms with Crippen molar-refractivity contribution in [2.24, 2.45) is 5.84 Å². The van der Waals surface area contributed by atoms with E-state index in [4.69, 9.17) is 10.6 Å². The van der Waals surface area contributed by atoms with Crippen LogP contribution in [0.15, 0.2) is 34.8 Å². The molecule has 112 valence electrons. The van der Waals surface area contributed by atoms with Gasteiger partial charge in [-0.1, -0.05) is 28.1 Å². The lowest BCUT2D eigenvalue weighted by Crippen LogP contribution is -2.30. The fraction of sp³-hybridized carbons (Fsp3) is 0.200. The van der Waals surface area contributed by atoms with Crippen LogP contribution >= 0.6 is 15.9 Å². The van der Waals surface area contributed by atoms with Crippen LogP contribution in [-0.4, -0.2) is 7.11 Å². The Bertz CT molecular complexity index is 664. The monoisotopic (exact) mass is 356 g/mol. The van der Waals surface area contributed by atoms with E-state index in [2.05, 4.69) is 21.4 Å². The number of hydrogen-bond donors (Lipinski definition) is 2. The second kappa shape index (κ2) is 6.51. The molecular formula is C15H15BrF2N2O. The molecule has 0 spiro atoms. The van der Waals surface area contributed by atoms with Gasteiger partial charge in [0, 0.05) is 10.0 Å². The van der Waals surface area contributed by atoms with Crippen LogP contribution in [0.4, 0.5) is 8.78 Å². The number of halogens is 3. The van der Waals surface area contributed by atoms with Gasteiger partial charge in [-0.2, -0.15) is 0 Å². The highest BCUT2D eigenvalue weighted by Gasteiger charge is 2.22. The van der Waals surface area contributed by atoms with Gasteiger partial charge in [0.05, 0.1) is 13.2 Å². The molecule has 0 saturated heterocycles. The number of benzene rings is 2. The molecule has 0 saturated carbocycles. The number of hydrogen-bond acceptors (Lipinski definition) is 3. The molecule has 0 fully saturated rings. The summed E-state index contributed by atoms with van der Waals surface area (Å²) < 4.78 is 33.8. The largest absolute Gasteiger partial charge is 0.497 e. The number of rotatable bonds is 4. The van der Waals surface area contributed by atoms with E-state index in [1.54, 1.807) is 18.2 Å². The lowest BCUT2D eigenvalue weighted by atomic mass is 9.97. The Hall–Kier alpha value is -1.50. The zero-order valence-corrected chi connectivity index (χ0v) is 13.2. The van der Waals surface area contributed by atoms with Crippen LogP contribution in [0.3, 0.4) is 0 Å². The smallest absolute Gasteiger partial charge is 0.164 e. The number of ether oxygens (including phenoxy) is 1. The average Bonchev–Trinajstić information content (AvgIpc) is 2.49. The number of aryl methyl sites for hydroxylation is 1. The van der Waals surface area contributed by atoms with Gasteiger partial charge in [-0.25, -0.2) is 14.2 Å². The van der Waals surface area contributed by atoms with Crippen molar-refractivity contribution in [2.45, 2.75) is 13.0 Å². The van der Waals surface area contributed by atoms with Gasteiger partial charge >= 0.3 is 0 Å². The quantitative estimate of drug-likeness (QED) is 0.649. The molecule has 2 rings (SSSR count). The third kappa shape index (κ3) is 3.07. The molecule has 0 radical (unpaired) electrons. The summed E-state index contributed by atoms with van der Waals surface area (Å²) in [5.41, 5.74) is 3.55. The first kappa shape index (κ1) is 15.9. The van der Waals surface area contributed by atoms with Crippen molar-refractivity contribution in [3.05, 3.63) is 63.1 Å². The molecule has 3 N–H and O–H groups in total. The first-order chi connectivity index (χ1) is 9.99. The Morgan fingerprint density at radius 2 is 1.86 bits per heavy atom. The van der Waals surface area contributed by atoms with Crippen molar-refractivity contribution in [3.63, 3.8) is 0 Å². The maximum absolute atomic E-state index is 14.2. The summed E-state index contributed by atoms with van der Waals surface area (Å²) in [5, 5.41) is 0. The predicted molar refractivity (Wildman–Crippen MR) is 81.0 cm³/mol. The van der Waals surface area contributed by atoms with Crippen molar-refractivity contribution in [2.75, 3.05) is 7.11 Å². The van der Waals surface area contributed by atoms with Gasteiger partial charge in [0.15, 0.2) is 11.6 Å². The van der Waals surface area contributed by atoms with Crippen molar-refractivity contribution in [1.82, 2.24) is 5.43 Å². The molecule has 0 amide bonds. The molecule has 1 atom stereocenters. The average molecular weight is 357 g/mol. The third-order valence-electron chi connectivity index (χ3n) is 3.30. The molecule has 0 aliphatic rings. The Morgan fingerprint density at radius 3 is 2.48 bits per heavy atom. The van der Waals surface area contributed by atoms with Crippen LogP contribution in [0.1, 0.15) is 22.7 Å². The van der Waals surface area contributed by atoms with Gasteiger partial charge in [0.1, 0.15) is 5.75 Å². The fourth-order valence-electron chi connectivity index (χ4n) is 2.10. The molecule has 0 bridgehead atoms. The summed E-state index contributed by atoms with van der Waals surface area (Å²) in [5.74, 6) is 4.37. The van der Waals surface area contributed by atoms with E-state index in [1.165, 1.54) is 26.2 Å². The van der Waals surface area contributed by atoms with E-state index in [0.717, 1.165) is 0 Å². The topological polar surface area (TPSA) is 47.3 Å². The van der Waals surface area contributed by atoms with E-state index < -0.39 is 17.7 Å². The van der Waals surface area contributed by atoms with Crippen LogP contribution in [0, 0.1) is 18.6 Å². The molecule has 21 heavy (non-hydrogen) atoms. The van der Waals surface area contributed by atoms with Gasteiger partial charge in [0.2, 0.25) is 0 Å². The van der Waals surface area contributed by atoms with Gasteiger partial charge in [-0.3, -0.25) is 5.84 Å². The molecule has 2 aromatic carbocycles. The predicted octanol–water partition coefficient (Wildman–Crippen LogP) is 3.60. The van der Waals surface area contributed by atoms with Crippen LogP contribution in [0.2, 0.25) is 0 Å². The summed E-state index contributed by atoms with van der Waals surface area (Å²) in [6.07, 6.45) is 0. The Labute approximate surface area is 130 Å². The van der Waals surface area contributed by atoms with Gasteiger partial charge < -0.3 is 4.74 Å². The summed E-state index contributed by atoms with van der Waals surface area (Å²) in [4.78, 5) is 0. The minimum atomic E-state index is -0.910. The van der Waals surface area contributed by atoms with Crippen LogP contribution < -0.4 is 16.0 Å². The summed E-state index contributed by atoms with van der Waals surface area (Å²) in [7, 11) is 1.53. The molecule has 0 heterocycles. The van der Waals surface area contributed by atoms with Gasteiger partial charge in [-0.15, -0.1) is 0 Å². The molecular weight excluding hydrogens is 342 g/mol. The number of nitrogens with two attached hydrogens (primary N) is 1. The van der Waals surface area contributed by atoms with Crippen LogP contribution in [-0.2, 0) is 0 Å². The summed E-state index contributed by atoms with van der Waals surface area (Å²) in [6, 6.07) is 7.57. The van der Waals surface area contributed by atoms with E-state index >= 15 is 0 Å². The van der Waals surface area contributed by atoms with E-state index in [0.29, 0.717) is 15.8 Å². The highest BCUT2D eigenvalue weighted by atomic mass is 79.9. The first-order valence-electron chi connectivity index (χ1n) is 6.23. The van der Waals surface area contributed by atoms with E-state index in [9.17, 15) is 8.78 Å². The minimum Gasteiger partial charge on any atom is -0.497 e. The molecule has 0 aliphatic heterocycles. The Morgan fingerprint density at radius 1 is 1.14 bits per heavy atom. The van der Waals surface area contributed by atoms with Gasteiger partial charge in [-0.05, 0) is 36.2 Å². The van der Waals surface area contributed by atoms with Crippen molar-refractivity contribution in [1.29, 1.82) is 0 Å².